The Morgan fingerprint density at radius 1 is 1.00 bits per heavy atom. The monoisotopic (exact) mass is 517 g/mol. The van der Waals surface area contributed by atoms with Crippen LogP contribution in [0.4, 0.5) is 11.4 Å². The van der Waals surface area contributed by atoms with Crippen molar-refractivity contribution in [1.29, 1.82) is 0 Å². The van der Waals surface area contributed by atoms with Gasteiger partial charge in [-0.1, -0.05) is 35.9 Å². The molecule has 0 fully saturated rings. The van der Waals surface area contributed by atoms with Crippen LogP contribution in [0.5, 0.6) is 0 Å². The van der Waals surface area contributed by atoms with Gasteiger partial charge in [0.1, 0.15) is 10.7 Å². The second-order valence-corrected chi connectivity index (χ2v) is 7.78. The molecule has 0 bridgehead atoms. The lowest BCUT2D eigenvalue weighted by atomic mass is 10.1. The minimum absolute atomic E-state index is 0.0818. The molecule has 0 saturated heterocycles. The Hall–Kier alpha value is -2.71. The normalized spacial score (nSPS) is 11.1. The number of amides is 2. The number of rotatable bonds is 5. The van der Waals surface area contributed by atoms with Gasteiger partial charge in [-0.15, -0.1) is 0 Å². The topological polar surface area (TPSA) is 71.1 Å². The number of carbonyl (C=O) groups is 2. The number of anilines is 2. The molecule has 0 radical (unpaired) electrons. The van der Waals surface area contributed by atoms with E-state index in [2.05, 4.69) is 38.2 Å². The van der Waals surface area contributed by atoms with Crippen LogP contribution in [0.15, 0.2) is 72.4 Å². The first-order valence-electron chi connectivity index (χ1n) is 8.70. The smallest absolute Gasteiger partial charge is 0.261 e. The number of pyridine rings is 1. The van der Waals surface area contributed by atoms with Crippen molar-refractivity contribution in [3.8, 4) is 0 Å². The molecule has 2 amide bonds. The average molecular weight is 518 g/mol. The van der Waals surface area contributed by atoms with E-state index in [1.54, 1.807) is 48.7 Å². The first-order chi connectivity index (χ1) is 13.9. The van der Waals surface area contributed by atoms with Crippen molar-refractivity contribution in [2.24, 2.45) is 0 Å². The Balaban J connectivity index is 1.94. The molecule has 7 heteroatoms. The summed E-state index contributed by atoms with van der Waals surface area (Å²) >= 11 is 8.32. The van der Waals surface area contributed by atoms with E-state index < -0.39 is 11.8 Å². The summed E-state index contributed by atoms with van der Waals surface area (Å²) in [6.45, 7) is 1.89. The van der Waals surface area contributed by atoms with Gasteiger partial charge < -0.3 is 10.6 Å². The third kappa shape index (κ3) is 5.65. The van der Waals surface area contributed by atoms with Crippen LogP contribution >= 0.6 is 34.2 Å². The second-order valence-electron chi connectivity index (χ2n) is 6.17. The van der Waals surface area contributed by atoms with Crippen LogP contribution in [-0.4, -0.2) is 16.8 Å². The van der Waals surface area contributed by atoms with Crippen LogP contribution in [0.3, 0.4) is 0 Å². The number of hydrogen-bond acceptors (Lipinski definition) is 3. The van der Waals surface area contributed by atoms with Gasteiger partial charge in [-0.05, 0) is 77.6 Å². The number of halogens is 2. The molecule has 1 heterocycles. The van der Waals surface area contributed by atoms with Crippen LogP contribution in [0.25, 0.3) is 6.08 Å². The Bertz CT molecular complexity index is 1080. The molecular formula is C22H17ClIN3O2. The highest BCUT2D eigenvalue weighted by Gasteiger charge is 2.20. The van der Waals surface area contributed by atoms with Gasteiger partial charge in [-0.25, -0.2) is 4.98 Å². The summed E-state index contributed by atoms with van der Waals surface area (Å²) in [6, 6.07) is 17.9. The SMILES string of the molecule is Cc1cc(I)ccc1NC(=O)/C(=C/c1cccnc1Cl)C(=O)Nc1ccccc1. The Morgan fingerprint density at radius 3 is 2.41 bits per heavy atom. The van der Waals surface area contributed by atoms with E-state index in [1.165, 1.54) is 6.08 Å². The Labute approximate surface area is 187 Å². The number of nitrogens with one attached hydrogen (secondary N) is 2. The standard InChI is InChI=1S/C22H17ClIN3O2/c1-14-12-16(24)9-10-19(14)27-22(29)18(13-15-6-5-11-25-20(15)23)21(28)26-17-7-3-2-4-8-17/h2-13H,1H3,(H,26,28)(H,27,29)/b18-13+. The van der Waals surface area contributed by atoms with Crippen LogP contribution < -0.4 is 10.6 Å². The molecule has 3 aromatic rings. The van der Waals surface area contributed by atoms with Gasteiger partial charge in [0.2, 0.25) is 0 Å². The summed E-state index contributed by atoms with van der Waals surface area (Å²) in [5, 5.41) is 5.75. The molecule has 1 aromatic heterocycles. The minimum Gasteiger partial charge on any atom is -0.322 e. The first kappa shape index (κ1) is 21.0. The van der Waals surface area contributed by atoms with Crippen molar-refractivity contribution in [3.05, 3.63) is 92.3 Å². The highest BCUT2D eigenvalue weighted by molar-refractivity contribution is 14.1. The number of para-hydroxylation sites is 1. The predicted octanol–water partition coefficient (Wildman–Crippen LogP) is 5.31. The number of carbonyl (C=O) groups excluding carboxylic acids is 2. The summed E-state index contributed by atoms with van der Waals surface area (Å²) in [5.74, 6) is -1.08. The van der Waals surface area contributed by atoms with Crippen LogP contribution in [0.2, 0.25) is 5.15 Å². The summed E-state index contributed by atoms with van der Waals surface area (Å²) in [5.41, 5.74) is 2.50. The summed E-state index contributed by atoms with van der Waals surface area (Å²) in [4.78, 5) is 29.9. The van der Waals surface area contributed by atoms with Gasteiger partial charge in [0.15, 0.2) is 0 Å². The lowest BCUT2D eigenvalue weighted by Gasteiger charge is -2.12. The fourth-order valence-corrected chi connectivity index (χ4v) is 3.39. The van der Waals surface area contributed by atoms with E-state index in [4.69, 9.17) is 11.6 Å². The predicted molar refractivity (Wildman–Crippen MR) is 125 cm³/mol. The zero-order chi connectivity index (χ0) is 20.8. The lowest BCUT2D eigenvalue weighted by Crippen LogP contribution is -2.25. The van der Waals surface area contributed by atoms with Crippen molar-refractivity contribution in [3.63, 3.8) is 0 Å². The summed E-state index contributed by atoms with van der Waals surface area (Å²) < 4.78 is 1.05. The fraction of sp³-hybridized carbons (Fsp3) is 0.0455. The van der Waals surface area contributed by atoms with E-state index >= 15 is 0 Å². The van der Waals surface area contributed by atoms with E-state index in [0.29, 0.717) is 16.9 Å². The Kier molecular flexibility index (Phi) is 7.00. The molecule has 2 N–H and O–H groups in total. The fourth-order valence-electron chi connectivity index (χ4n) is 2.57. The molecule has 0 aliphatic rings. The molecular weight excluding hydrogens is 501 g/mol. The van der Waals surface area contributed by atoms with E-state index in [1.807, 2.05) is 25.1 Å². The molecule has 5 nitrogen and oxygen atoms in total. The van der Waals surface area contributed by atoms with Crippen LogP contribution in [0.1, 0.15) is 11.1 Å². The molecule has 0 aliphatic carbocycles. The number of hydrogen-bond donors (Lipinski definition) is 2. The number of nitrogens with zero attached hydrogens (tertiary/aromatic N) is 1. The first-order valence-corrected chi connectivity index (χ1v) is 10.2. The zero-order valence-corrected chi connectivity index (χ0v) is 18.4. The van der Waals surface area contributed by atoms with Gasteiger partial charge in [0, 0.05) is 26.7 Å². The maximum atomic E-state index is 13.0. The molecule has 29 heavy (non-hydrogen) atoms. The van der Waals surface area contributed by atoms with Crippen LogP contribution in [0, 0.1) is 10.5 Å². The molecule has 0 aliphatic heterocycles. The molecule has 0 spiro atoms. The molecule has 0 unspecified atom stereocenters. The highest BCUT2D eigenvalue weighted by Crippen LogP contribution is 2.21. The average Bonchev–Trinajstić information content (AvgIpc) is 2.70. The number of benzene rings is 2. The minimum atomic E-state index is -0.545. The quantitative estimate of drug-likeness (QED) is 0.158. The largest absolute Gasteiger partial charge is 0.322 e. The zero-order valence-electron chi connectivity index (χ0n) is 15.4. The summed E-state index contributed by atoms with van der Waals surface area (Å²) in [6.07, 6.45) is 2.98. The van der Waals surface area contributed by atoms with E-state index in [9.17, 15) is 9.59 Å². The van der Waals surface area contributed by atoms with E-state index in [0.717, 1.165) is 9.13 Å². The van der Waals surface area contributed by atoms with Crippen molar-refractivity contribution >= 4 is 63.5 Å². The second kappa shape index (κ2) is 9.67. The molecule has 146 valence electrons. The van der Waals surface area contributed by atoms with Gasteiger partial charge >= 0.3 is 0 Å². The Morgan fingerprint density at radius 2 is 1.72 bits per heavy atom. The van der Waals surface area contributed by atoms with E-state index in [-0.39, 0.29) is 10.7 Å². The maximum Gasteiger partial charge on any atom is 0.261 e. The van der Waals surface area contributed by atoms with Gasteiger partial charge in [0.05, 0.1) is 0 Å². The number of aryl methyl sites for hydroxylation is 1. The van der Waals surface area contributed by atoms with Crippen molar-refractivity contribution in [2.45, 2.75) is 6.92 Å². The molecule has 0 atom stereocenters. The highest BCUT2D eigenvalue weighted by atomic mass is 127. The molecule has 2 aromatic carbocycles. The van der Waals surface area contributed by atoms with Crippen LogP contribution in [-0.2, 0) is 9.59 Å². The molecule has 0 saturated carbocycles. The van der Waals surface area contributed by atoms with Gasteiger partial charge in [-0.3, -0.25) is 9.59 Å². The third-order valence-electron chi connectivity index (χ3n) is 4.05. The van der Waals surface area contributed by atoms with Gasteiger partial charge in [0.25, 0.3) is 11.8 Å². The number of aromatic nitrogens is 1. The van der Waals surface area contributed by atoms with Crippen molar-refractivity contribution in [2.75, 3.05) is 10.6 Å². The lowest BCUT2D eigenvalue weighted by molar-refractivity contribution is -0.118. The third-order valence-corrected chi connectivity index (χ3v) is 5.03. The molecule has 3 rings (SSSR count). The van der Waals surface area contributed by atoms with Gasteiger partial charge in [-0.2, -0.15) is 0 Å². The van der Waals surface area contributed by atoms with Crippen molar-refractivity contribution in [1.82, 2.24) is 4.98 Å². The van der Waals surface area contributed by atoms with Crippen molar-refractivity contribution < 1.29 is 9.59 Å². The maximum absolute atomic E-state index is 13.0. The summed E-state index contributed by atoms with van der Waals surface area (Å²) in [7, 11) is 0.